The summed E-state index contributed by atoms with van der Waals surface area (Å²) in [5.41, 5.74) is 0. The molecule has 7 nitrogen and oxygen atoms in total. The number of hydrogen-bond acceptors (Lipinski definition) is 5. The molecule has 0 spiro atoms. The minimum atomic E-state index is 0.252. The molecule has 0 saturated carbocycles. The van der Waals surface area contributed by atoms with E-state index in [1.54, 1.807) is 0 Å². The Balaban J connectivity index is 1.22. The summed E-state index contributed by atoms with van der Waals surface area (Å²) in [7, 11) is 1.81. The summed E-state index contributed by atoms with van der Waals surface area (Å²) in [6, 6.07) is 0.656. The number of rotatable bonds is 8. The van der Waals surface area contributed by atoms with Gasteiger partial charge < -0.3 is 24.8 Å². The van der Waals surface area contributed by atoms with Crippen LogP contribution in [-0.2, 0) is 14.2 Å². The molecule has 3 saturated heterocycles. The maximum absolute atomic E-state index is 5.97. The van der Waals surface area contributed by atoms with Crippen molar-refractivity contribution in [2.24, 2.45) is 4.99 Å². The SMILES string of the molecule is CN=C(NCCCOCC1CCCO1)NCC1CN2CCCC2CO1. The van der Waals surface area contributed by atoms with Crippen LogP contribution in [0.3, 0.4) is 0 Å². The van der Waals surface area contributed by atoms with Crippen molar-refractivity contribution in [1.29, 1.82) is 0 Å². The molecule has 0 bridgehead atoms. The molecule has 3 heterocycles. The number of morpholine rings is 1. The highest BCUT2D eigenvalue weighted by molar-refractivity contribution is 5.79. The largest absolute Gasteiger partial charge is 0.379 e. The van der Waals surface area contributed by atoms with E-state index < -0.39 is 0 Å². The number of fused-ring (bicyclic) bond motifs is 1. The molecule has 0 aromatic carbocycles. The van der Waals surface area contributed by atoms with Crippen LogP contribution in [0.2, 0.25) is 0 Å². The third-order valence-corrected chi connectivity index (χ3v) is 5.27. The molecule has 2 N–H and O–H groups in total. The molecule has 0 aliphatic carbocycles. The number of nitrogens with one attached hydrogen (secondary N) is 2. The summed E-state index contributed by atoms with van der Waals surface area (Å²) in [6.07, 6.45) is 6.43. The molecule has 0 amide bonds. The van der Waals surface area contributed by atoms with Crippen LogP contribution in [0.25, 0.3) is 0 Å². The molecule has 3 atom stereocenters. The van der Waals surface area contributed by atoms with Crippen molar-refractivity contribution in [3.8, 4) is 0 Å². The zero-order chi connectivity index (χ0) is 17.3. The fourth-order valence-electron chi connectivity index (χ4n) is 3.81. The minimum absolute atomic E-state index is 0.252. The van der Waals surface area contributed by atoms with E-state index in [0.29, 0.717) is 12.1 Å². The van der Waals surface area contributed by atoms with Gasteiger partial charge in [-0.05, 0) is 38.6 Å². The van der Waals surface area contributed by atoms with Gasteiger partial charge in [0.25, 0.3) is 0 Å². The van der Waals surface area contributed by atoms with Gasteiger partial charge in [-0.15, -0.1) is 0 Å². The average molecular weight is 354 g/mol. The van der Waals surface area contributed by atoms with E-state index in [1.165, 1.54) is 25.8 Å². The van der Waals surface area contributed by atoms with Crippen molar-refractivity contribution in [3.63, 3.8) is 0 Å². The van der Waals surface area contributed by atoms with Crippen LogP contribution in [0.15, 0.2) is 4.99 Å². The zero-order valence-corrected chi connectivity index (χ0v) is 15.5. The third-order valence-electron chi connectivity index (χ3n) is 5.27. The van der Waals surface area contributed by atoms with Gasteiger partial charge in [-0.3, -0.25) is 9.89 Å². The van der Waals surface area contributed by atoms with Crippen molar-refractivity contribution in [2.75, 3.05) is 59.7 Å². The predicted molar refractivity (Wildman–Crippen MR) is 98.1 cm³/mol. The van der Waals surface area contributed by atoms with Gasteiger partial charge in [0.2, 0.25) is 0 Å². The molecular weight excluding hydrogens is 320 g/mol. The number of hydrogen-bond donors (Lipinski definition) is 2. The molecule has 25 heavy (non-hydrogen) atoms. The molecule has 144 valence electrons. The van der Waals surface area contributed by atoms with Gasteiger partial charge in [0.05, 0.1) is 25.4 Å². The predicted octanol–water partition coefficient (Wildman–Crippen LogP) is 0.600. The van der Waals surface area contributed by atoms with Gasteiger partial charge in [0.1, 0.15) is 0 Å². The van der Waals surface area contributed by atoms with Crippen molar-refractivity contribution in [2.45, 2.75) is 50.4 Å². The van der Waals surface area contributed by atoms with Crippen molar-refractivity contribution in [1.82, 2.24) is 15.5 Å². The molecule has 3 aliphatic heterocycles. The Morgan fingerprint density at radius 1 is 1.20 bits per heavy atom. The Morgan fingerprint density at radius 2 is 2.16 bits per heavy atom. The lowest BCUT2D eigenvalue weighted by atomic mass is 10.2. The monoisotopic (exact) mass is 354 g/mol. The van der Waals surface area contributed by atoms with Gasteiger partial charge >= 0.3 is 0 Å². The van der Waals surface area contributed by atoms with E-state index in [0.717, 1.165) is 64.9 Å². The lowest BCUT2D eigenvalue weighted by molar-refractivity contribution is -0.0453. The second-order valence-electron chi connectivity index (χ2n) is 7.19. The Kier molecular flexibility index (Phi) is 7.79. The summed E-state index contributed by atoms with van der Waals surface area (Å²) >= 11 is 0. The molecular formula is C18H34N4O3. The highest BCUT2D eigenvalue weighted by atomic mass is 16.5. The third kappa shape index (κ3) is 6.09. The first-order chi connectivity index (χ1) is 12.3. The smallest absolute Gasteiger partial charge is 0.191 e. The molecule has 3 unspecified atom stereocenters. The zero-order valence-electron chi connectivity index (χ0n) is 15.5. The molecule has 3 aliphatic rings. The number of ether oxygens (including phenoxy) is 3. The molecule has 3 fully saturated rings. The van der Waals surface area contributed by atoms with E-state index in [-0.39, 0.29) is 6.10 Å². The van der Waals surface area contributed by atoms with Crippen LogP contribution in [0.1, 0.15) is 32.1 Å². The highest BCUT2D eigenvalue weighted by Gasteiger charge is 2.32. The first kappa shape index (κ1) is 18.9. The average Bonchev–Trinajstić information content (AvgIpc) is 3.31. The van der Waals surface area contributed by atoms with E-state index in [4.69, 9.17) is 14.2 Å². The molecule has 0 radical (unpaired) electrons. The lowest BCUT2D eigenvalue weighted by Crippen LogP contribution is -2.51. The van der Waals surface area contributed by atoms with Crippen LogP contribution < -0.4 is 10.6 Å². The fraction of sp³-hybridized carbons (Fsp3) is 0.944. The van der Waals surface area contributed by atoms with Crippen LogP contribution >= 0.6 is 0 Å². The maximum Gasteiger partial charge on any atom is 0.191 e. The normalized spacial score (nSPS) is 30.4. The summed E-state index contributed by atoms with van der Waals surface area (Å²) in [6.45, 7) is 7.16. The number of nitrogens with zero attached hydrogens (tertiary/aromatic N) is 2. The molecule has 0 aromatic rings. The Bertz CT molecular complexity index is 415. The van der Waals surface area contributed by atoms with Gasteiger partial charge in [-0.25, -0.2) is 0 Å². The summed E-state index contributed by atoms with van der Waals surface area (Å²) in [5, 5.41) is 6.72. The summed E-state index contributed by atoms with van der Waals surface area (Å²) in [4.78, 5) is 6.85. The van der Waals surface area contributed by atoms with Gasteiger partial charge in [0, 0.05) is 45.9 Å². The van der Waals surface area contributed by atoms with Crippen LogP contribution in [-0.4, -0.2) is 88.8 Å². The van der Waals surface area contributed by atoms with Gasteiger partial charge in [-0.2, -0.15) is 0 Å². The summed E-state index contributed by atoms with van der Waals surface area (Å²) in [5.74, 6) is 0.839. The Labute approximate surface area is 151 Å². The Hall–Kier alpha value is -0.890. The van der Waals surface area contributed by atoms with Crippen LogP contribution in [0.5, 0.6) is 0 Å². The molecule has 0 aromatic heterocycles. The van der Waals surface area contributed by atoms with Crippen molar-refractivity contribution < 1.29 is 14.2 Å². The lowest BCUT2D eigenvalue weighted by Gasteiger charge is -2.35. The van der Waals surface area contributed by atoms with Crippen molar-refractivity contribution >= 4 is 5.96 Å². The van der Waals surface area contributed by atoms with Crippen molar-refractivity contribution in [3.05, 3.63) is 0 Å². The molecule has 3 rings (SSSR count). The van der Waals surface area contributed by atoms with E-state index in [2.05, 4.69) is 20.5 Å². The minimum Gasteiger partial charge on any atom is -0.379 e. The van der Waals surface area contributed by atoms with E-state index >= 15 is 0 Å². The van der Waals surface area contributed by atoms with Gasteiger partial charge in [-0.1, -0.05) is 0 Å². The maximum atomic E-state index is 5.97. The standard InChI is InChI=1S/C18H34N4O3/c1-19-18(20-7-4-9-23-14-16-6-3-10-24-16)21-11-17-12-22-8-2-5-15(22)13-25-17/h15-17H,2-14H2,1H3,(H2,19,20,21). The second-order valence-corrected chi connectivity index (χ2v) is 7.19. The highest BCUT2D eigenvalue weighted by Crippen LogP contribution is 2.22. The van der Waals surface area contributed by atoms with Gasteiger partial charge in [0.15, 0.2) is 5.96 Å². The quantitative estimate of drug-likeness (QED) is 0.378. The van der Waals surface area contributed by atoms with Crippen LogP contribution in [0, 0.1) is 0 Å². The number of aliphatic imine (C=N–C) groups is 1. The topological polar surface area (TPSA) is 67.4 Å². The van der Waals surface area contributed by atoms with E-state index in [1.807, 2.05) is 7.05 Å². The first-order valence-corrected chi connectivity index (χ1v) is 9.84. The van der Waals surface area contributed by atoms with Crippen LogP contribution in [0.4, 0.5) is 0 Å². The van der Waals surface area contributed by atoms with E-state index in [9.17, 15) is 0 Å². The first-order valence-electron chi connectivity index (χ1n) is 9.84. The number of guanidine groups is 1. The molecule has 7 heteroatoms. The Morgan fingerprint density at radius 3 is 3.00 bits per heavy atom. The summed E-state index contributed by atoms with van der Waals surface area (Å²) < 4.78 is 17.2. The second kappa shape index (κ2) is 10.3. The fourth-order valence-corrected chi connectivity index (χ4v) is 3.81.